The summed E-state index contributed by atoms with van der Waals surface area (Å²) in [5.74, 6) is 1.45. The molecular formula is C13H15ClN2O. The van der Waals surface area contributed by atoms with Crippen molar-refractivity contribution in [3.05, 3.63) is 22.8 Å². The lowest BCUT2D eigenvalue weighted by molar-refractivity contribution is -0.0814. The second-order valence-corrected chi connectivity index (χ2v) is 5.88. The molecule has 17 heavy (non-hydrogen) atoms. The molecule has 3 fully saturated rings. The van der Waals surface area contributed by atoms with E-state index in [2.05, 4.69) is 9.88 Å². The Morgan fingerprint density at radius 2 is 2.24 bits per heavy atom. The van der Waals surface area contributed by atoms with E-state index in [1.807, 2.05) is 6.07 Å². The minimum atomic E-state index is -0.0309. The SMILES string of the molecule is Clc1ccnc2c1CC1(CN3CCC1CC3)O2. The van der Waals surface area contributed by atoms with Gasteiger partial charge in [0.25, 0.3) is 0 Å². The second-order valence-electron chi connectivity index (χ2n) is 5.47. The van der Waals surface area contributed by atoms with Gasteiger partial charge in [0.1, 0.15) is 5.60 Å². The van der Waals surface area contributed by atoms with Gasteiger partial charge in [-0.1, -0.05) is 11.6 Å². The van der Waals surface area contributed by atoms with Gasteiger partial charge >= 0.3 is 0 Å². The van der Waals surface area contributed by atoms with Crippen LogP contribution in [0.15, 0.2) is 12.3 Å². The molecule has 3 nitrogen and oxygen atoms in total. The van der Waals surface area contributed by atoms with Crippen molar-refractivity contribution in [2.45, 2.75) is 24.9 Å². The van der Waals surface area contributed by atoms with Crippen LogP contribution in [-0.4, -0.2) is 35.1 Å². The molecule has 1 aromatic heterocycles. The minimum Gasteiger partial charge on any atom is -0.469 e. The summed E-state index contributed by atoms with van der Waals surface area (Å²) in [4.78, 5) is 6.84. The maximum Gasteiger partial charge on any atom is 0.218 e. The average Bonchev–Trinajstić information content (AvgIpc) is 2.70. The molecule has 4 heteroatoms. The Bertz CT molecular complexity index is 470. The van der Waals surface area contributed by atoms with Crippen molar-refractivity contribution in [2.75, 3.05) is 19.6 Å². The number of fused-ring (bicyclic) bond motifs is 3. The summed E-state index contributed by atoms with van der Waals surface area (Å²) in [5, 5.41) is 0.809. The summed E-state index contributed by atoms with van der Waals surface area (Å²) in [6.45, 7) is 3.50. The van der Waals surface area contributed by atoms with Crippen LogP contribution in [0.4, 0.5) is 0 Å². The first-order valence-corrected chi connectivity index (χ1v) is 6.69. The summed E-state index contributed by atoms with van der Waals surface area (Å²) in [6, 6.07) is 1.87. The van der Waals surface area contributed by atoms with E-state index in [4.69, 9.17) is 16.3 Å². The van der Waals surface area contributed by atoms with Crippen LogP contribution in [0.1, 0.15) is 18.4 Å². The quantitative estimate of drug-likeness (QED) is 0.706. The molecule has 5 heterocycles. The highest BCUT2D eigenvalue weighted by atomic mass is 35.5. The number of piperidine rings is 3. The predicted octanol–water partition coefficient (Wildman–Crippen LogP) is 2.13. The van der Waals surface area contributed by atoms with E-state index >= 15 is 0 Å². The standard InChI is InChI=1S/C13H15ClN2O/c14-11-1-4-15-12-10(11)7-13(17-12)8-16-5-2-9(13)3-6-16/h1,4,9H,2-3,5-8H2. The molecule has 1 aromatic rings. The summed E-state index contributed by atoms with van der Waals surface area (Å²) in [7, 11) is 0. The van der Waals surface area contributed by atoms with E-state index in [-0.39, 0.29) is 5.60 Å². The van der Waals surface area contributed by atoms with Crippen LogP contribution in [0, 0.1) is 5.92 Å². The molecule has 0 amide bonds. The first kappa shape index (κ1) is 10.2. The number of hydrogen-bond acceptors (Lipinski definition) is 3. The Balaban J connectivity index is 1.74. The minimum absolute atomic E-state index is 0.0309. The Morgan fingerprint density at radius 3 is 2.88 bits per heavy atom. The normalized spacial score (nSPS) is 38.2. The molecule has 1 atom stereocenters. The number of nitrogens with zero attached hydrogens (tertiary/aromatic N) is 2. The van der Waals surface area contributed by atoms with Crippen LogP contribution in [0.3, 0.4) is 0 Å². The Morgan fingerprint density at radius 1 is 1.41 bits per heavy atom. The van der Waals surface area contributed by atoms with Crippen LogP contribution in [0.5, 0.6) is 5.88 Å². The summed E-state index contributed by atoms with van der Waals surface area (Å²) < 4.78 is 6.21. The lowest BCUT2D eigenvalue weighted by Crippen LogP contribution is -2.61. The fourth-order valence-corrected chi connectivity index (χ4v) is 3.87. The van der Waals surface area contributed by atoms with E-state index in [9.17, 15) is 0 Å². The molecule has 4 aliphatic rings. The molecular weight excluding hydrogens is 236 g/mol. The smallest absolute Gasteiger partial charge is 0.218 e. The summed E-state index contributed by atoms with van der Waals surface area (Å²) in [5.41, 5.74) is 1.08. The molecule has 0 saturated carbocycles. The van der Waals surface area contributed by atoms with Crippen LogP contribution in [0.25, 0.3) is 0 Å². The molecule has 0 N–H and O–H groups in total. The first-order valence-electron chi connectivity index (χ1n) is 6.32. The van der Waals surface area contributed by atoms with Crippen molar-refractivity contribution in [3.63, 3.8) is 0 Å². The topological polar surface area (TPSA) is 25.4 Å². The van der Waals surface area contributed by atoms with Crippen molar-refractivity contribution < 1.29 is 4.74 Å². The van der Waals surface area contributed by atoms with Crippen LogP contribution in [-0.2, 0) is 6.42 Å². The predicted molar refractivity (Wildman–Crippen MR) is 65.5 cm³/mol. The molecule has 4 aliphatic heterocycles. The van der Waals surface area contributed by atoms with E-state index in [0.29, 0.717) is 5.92 Å². The fourth-order valence-electron chi connectivity index (χ4n) is 3.67. The van der Waals surface area contributed by atoms with Gasteiger partial charge in [-0.25, -0.2) is 4.98 Å². The van der Waals surface area contributed by atoms with E-state index < -0.39 is 0 Å². The third-order valence-electron chi connectivity index (χ3n) is 4.56. The van der Waals surface area contributed by atoms with Crippen LogP contribution in [0.2, 0.25) is 5.02 Å². The van der Waals surface area contributed by atoms with Crippen molar-refractivity contribution in [1.29, 1.82) is 0 Å². The monoisotopic (exact) mass is 250 g/mol. The third kappa shape index (κ3) is 1.36. The van der Waals surface area contributed by atoms with Crippen LogP contribution >= 0.6 is 11.6 Å². The van der Waals surface area contributed by atoms with Gasteiger partial charge in [0.15, 0.2) is 0 Å². The summed E-state index contributed by atoms with van der Waals surface area (Å²) >= 11 is 6.24. The van der Waals surface area contributed by atoms with Gasteiger partial charge in [0.05, 0.1) is 5.02 Å². The van der Waals surface area contributed by atoms with Gasteiger partial charge in [-0.3, -0.25) is 4.90 Å². The molecule has 0 radical (unpaired) electrons. The van der Waals surface area contributed by atoms with Crippen molar-refractivity contribution in [2.24, 2.45) is 5.92 Å². The molecule has 1 spiro atoms. The fraction of sp³-hybridized carbons (Fsp3) is 0.615. The molecule has 3 saturated heterocycles. The zero-order chi connectivity index (χ0) is 11.5. The highest BCUT2D eigenvalue weighted by Gasteiger charge is 2.52. The van der Waals surface area contributed by atoms with Gasteiger partial charge in [0.2, 0.25) is 5.88 Å². The highest BCUT2D eigenvalue weighted by Crippen LogP contribution is 2.47. The third-order valence-corrected chi connectivity index (χ3v) is 4.91. The Kier molecular flexibility index (Phi) is 2.01. The van der Waals surface area contributed by atoms with Gasteiger partial charge in [0, 0.05) is 30.6 Å². The molecule has 0 aromatic carbocycles. The van der Waals surface area contributed by atoms with Crippen molar-refractivity contribution >= 4 is 11.6 Å². The van der Waals surface area contributed by atoms with Gasteiger partial charge in [-0.15, -0.1) is 0 Å². The molecule has 1 unspecified atom stereocenters. The van der Waals surface area contributed by atoms with E-state index in [1.54, 1.807) is 6.20 Å². The maximum atomic E-state index is 6.24. The number of pyridine rings is 1. The number of ether oxygens (including phenoxy) is 1. The average molecular weight is 251 g/mol. The lowest BCUT2D eigenvalue weighted by Gasteiger charge is -2.50. The largest absolute Gasteiger partial charge is 0.469 e. The van der Waals surface area contributed by atoms with Gasteiger partial charge < -0.3 is 4.74 Å². The van der Waals surface area contributed by atoms with Crippen LogP contribution < -0.4 is 4.74 Å². The number of aromatic nitrogens is 1. The Labute approximate surface area is 106 Å². The number of hydrogen-bond donors (Lipinski definition) is 0. The van der Waals surface area contributed by atoms with Crippen molar-refractivity contribution in [1.82, 2.24) is 9.88 Å². The summed E-state index contributed by atoms with van der Waals surface area (Å²) in [6.07, 6.45) is 5.19. The maximum absolute atomic E-state index is 6.24. The second kappa shape index (κ2) is 3.36. The molecule has 90 valence electrons. The number of halogens is 1. The lowest BCUT2D eigenvalue weighted by atomic mass is 9.73. The van der Waals surface area contributed by atoms with Gasteiger partial charge in [-0.2, -0.15) is 0 Å². The highest BCUT2D eigenvalue weighted by molar-refractivity contribution is 6.31. The molecule has 0 aliphatic carbocycles. The van der Waals surface area contributed by atoms with Gasteiger partial charge in [-0.05, 0) is 32.0 Å². The number of rotatable bonds is 0. The van der Waals surface area contributed by atoms with E-state index in [0.717, 1.165) is 29.4 Å². The molecule has 2 bridgehead atoms. The first-order chi connectivity index (χ1) is 8.27. The Hall–Kier alpha value is -0.800. The van der Waals surface area contributed by atoms with Crippen molar-refractivity contribution in [3.8, 4) is 5.88 Å². The molecule has 5 rings (SSSR count). The zero-order valence-electron chi connectivity index (χ0n) is 9.66. The zero-order valence-corrected chi connectivity index (χ0v) is 10.4. The van der Waals surface area contributed by atoms with E-state index in [1.165, 1.54) is 25.9 Å².